The summed E-state index contributed by atoms with van der Waals surface area (Å²) in [7, 11) is 0. The second kappa shape index (κ2) is 9.04. The van der Waals surface area contributed by atoms with Crippen molar-refractivity contribution in [1.29, 1.82) is 0 Å². The first kappa shape index (κ1) is 23.2. The van der Waals surface area contributed by atoms with Crippen molar-refractivity contribution in [2.75, 3.05) is 18.4 Å². The van der Waals surface area contributed by atoms with Crippen molar-refractivity contribution in [3.8, 4) is 0 Å². The van der Waals surface area contributed by atoms with E-state index >= 15 is 0 Å². The first-order valence-electron chi connectivity index (χ1n) is 13.2. The van der Waals surface area contributed by atoms with Crippen LogP contribution >= 0.6 is 0 Å². The van der Waals surface area contributed by atoms with Gasteiger partial charge in [0, 0.05) is 42.9 Å². The molecular weight excluding hydrogens is 452 g/mol. The number of benzene rings is 2. The number of amides is 3. The number of nitrogens with zero attached hydrogens (tertiary/aromatic N) is 2. The van der Waals surface area contributed by atoms with Crippen LogP contribution in [0.4, 0.5) is 5.69 Å². The molecule has 1 aliphatic carbocycles. The summed E-state index contributed by atoms with van der Waals surface area (Å²) < 4.78 is 0. The lowest BCUT2D eigenvalue weighted by Crippen LogP contribution is -2.52. The van der Waals surface area contributed by atoms with Crippen molar-refractivity contribution in [2.45, 2.75) is 71.1 Å². The zero-order valence-corrected chi connectivity index (χ0v) is 20.9. The first-order chi connectivity index (χ1) is 17.4. The van der Waals surface area contributed by atoms with Crippen molar-refractivity contribution in [3.05, 3.63) is 64.2 Å². The maximum Gasteiger partial charge on any atom is 0.255 e. The Bertz CT molecular complexity index is 1230. The Morgan fingerprint density at radius 1 is 1.06 bits per heavy atom. The Balaban J connectivity index is 1.10. The van der Waals surface area contributed by atoms with Crippen LogP contribution in [-0.2, 0) is 29.2 Å². The number of hydrogen-bond acceptors (Lipinski definition) is 5. The van der Waals surface area contributed by atoms with Gasteiger partial charge >= 0.3 is 0 Å². The van der Waals surface area contributed by atoms with E-state index in [1.54, 1.807) is 4.90 Å². The van der Waals surface area contributed by atoms with Gasteiger partial charge in [0.15, 0.2) is 0 Å². The molecule has 2 aromatic carbocycles. The average molecular weight is 487 g/mol. The second-order valence-corrected chi connectivity index (χ2v) is 11.1. The molecule has 0 bridgehead atoms. The lowest BCUT2D eigenvalue weighted by atomic mass is 9.93. The van der Waals surface area contributed by atoms with Gasteiger partial charge in [0.25, 0.3) is 5.91 Å². The second-order valence-electron chi connectivity index (χ2n) is 11.1. The SMILES string of the molecule is Cc1cc(CNc2cccc3c2CN(C2CCC(=O)NC2=O)C3=O)ccc1CN1CCC2(CC1)CC2. The van der Waals surface area contributed by atoms with Crippen molar-refractivity contribution in [1.82, 2.24) is 15.1 Å². The van der Waals surface area contributed by atoms with Gasteiger partial charge in [0.2, 0.25) is 11.8 Å². The molecule has 3 heterocycles. The largest absolute Gasteiger partial charge is 0.381 e. The minimum absolute atomic E-state index is 0.145. The third kappa shape index (κ3) is 4.41. The minimum Gasteiger partial charge on any atom is -0.381 e. The van der Waals surface area contributed by atoms with E-state index in [-0.39, 0.29) is 24.1 Å². The van der Waals surface area contributed by atoms with E-state index < -0.39 is 6.04 Å². The number of nitrogens with one attached hydrogen (secondary N) is 2. The molecule has 2 saturated heterocycles. The monoisotopic (exact) mass is 486 g/mol. The number of carbonyl (C=O) groups is 3. The standard InChI is InChI=1S/C29H34N4O3/c1-19-15-20(5-6-21(19)17-32-13-11-29(9-10-29)12-14-32)16-30-24-4-2-3-22-23(24)18-33(28(22)36)25-7-8-26(34)31-27(25)35/h2-6,15,25,30H,7-14,16-18H2,1H3,(H,31,34,35). The van der Waals surface area contributed by atoms with Crippen LogP contribution in [0.15, 0.2) is 36.4 Å². The molecule has 1 spiro atoms. The van der Waals surface area contributed by atoms with E-state index in [1.165, 1.54) is 55.5 Å². The molecule has 6 rings (SSSR count). The highest BCUT2D eigenvalue weighted by Gasteiger charge is 2.44. The lowest BCUT2D eigenvalue weighted by Gasteiger charge is -2.32. The van der Waals surface area contributed by atoms with Gasteiger partial charge in [-0.2, -0.15) is 0 Å². The van der Waals surface area contributed by atoms with Gasteiger partial charge in [-0.15, -0.1) is 0 Å². The van der Waals surface area contributed by atoms with Gasteiger partial charge < -0.3 is 10.2 Å². The molecule has 3 amide bonds. The molecule has 7 nitrogen and oxygen atoms in total. The number of piperidine rings is 2. The number of imide groups is 1. The van der Waals surface area contributed by atoms with Crippen molar-refractivity contribution in [3.63, 3.8) is 0 Å². The third-order valence-corrected chi connectivity index (χ3v) is 8.74. The van der Waals surface area contributed by atoms with Gasteiger partial charge in [-0.05, 0) is 86.4 Å². The fourth-order valence-corrected chi connectivity index (χ4v) is 6.10. The molecule has 3 fully saturated rings. The average Bonchev–Trinajstić information content (AvgIpc) is 3.54. The summed E-state index contributed by atoms with van der Waals surface area (Å²) in [6, 6.07) is 11.8. The number of anilines is 1. The normalized spacial score (nSPS) is 23.1. The summed E-state index contributed by atoms with van der Waals surface area (Å²) >= 11 is 0. The van der Waals surface area contributed by atoms with Gasteiger partial charge in [-0.25, -0.2) is 0 Å². The molecule has 188 valence electrons. The van der Waals surface area contributed by atoms with Gasteiger partial charge in [0.05, 0.1) is 0 Å². The fourth-order valence-electron chi connectivity index (χ4n) is 6.10. The van der Waals surface area contributed by atoms with Crippen LogP contribution < -0.4 is 10.6 Å². The molecule has 2 N–H and O–H groups in total. The maximum absolute atomic E-state index is 13.1. The number of fused-ring (bicyclic) bond motifs is 1. The zero-order chi connectivity index (χ0) is 24.9. The molecular formula is C29H34N4O3. The molecule has 1 unspecified atom stereocenters. The lowest BCUT2D eigenvalue weighted by molar-refractivity contribution is -0.136. The van der Waals surface area contributed by atoms with E-state index in [9.17, 15) is 14.4 Å². The topological polar surface area (TPSA) is 81.8 Å². The van der Waals surface area contributed by atoms with Crippen LogP contribution in [0.3, 0.4) is 0 Å². The van der Waals surface area contributed by atoms with Gasteiger partial charge in [-0.3, -0.25) is 24.6 Å². The van der Waals surface area contributed by atoms with Crippen LogP contribution in [0.5, 0.6) is 0 Å². The summed E-state index contributed by atoms with van der Waals surface area (Å²) in [6.45, 7) is 6.70. The molecule has 7 heteroatoms. The van der Waals surface area contributed by atoms with E-state index in [0.717, 1.165) is 17.8 Å². The quantitative estimate of drug-likeness (QED) is 0.608. The van der Waals surface area contributed by atoms with Crippen molar-refractivity contribution < 1.29 is 14.4 Å². The van der Waals surface area contributed by atoms with Crippen LogP contribution in [0.2, 0.25) is 0 Å². The number of hydrogen-bond donors (Lipinski definition) is 2. The fraction of sp³-hybridized carbons (Fsp3) is 0.483. The van der Waals surface area contributed by atoms with Crippen LogP contribution in [-0.4, -0.2) is 46.7 Å². The van der Waals surface area contributed by atoms with Crippen LogP contribution in [0.25, 0.3) is 0 Å². The van der Waals surface area contributed by atoms with Crippen molar-refractivity contribution in [2.24, 2.45) is 5.41 Å². The van der Waals surface area contributed by atoms with Crippen LogP contribution in [0, 0.1) is 12.3 Å². The smallest absolute Gasteiger partial charge is 0.255 e. The molecule has 3 aliphatic heterocycles. The third-order valence-electron chi connectivity index (χ3n) is 8.74. The maximum atomic E-state index is 13.1. The minimum atomic E-state index is -0.597. The number of rotatable bonds is 6. The number of aryl methyl sites for hydroxylation is 1. The van der Waals surface area contributed by atoms with E-state index in [2.05, 4.69) is 40.7 Å². The molecule has 0 aromatic heterocycles. The number of carbonyl (C=O) groups excluding carboxylic acids is 3. The van der Waals surface area contributed by atoms with E-state index in [1.807, 2.05) is 18.2 Å². The summed E-state index contributed by atoms with van der Waals surface area (Å²) in [4.78, 5) is 41.1. The first-order valence-corrected chi connectivity index (χ1v) is 13.2. The highest BCUT2D eigenvalue weighted by molar-refractivity contribution is 6.06. The van der Waals surface area contributed by atoms with E-state index in [4.69, 9.17) is 0 Å². The molecule has 2 aromatic rings. The molecule has 1 atom stereocenters. The summed E-state index contributed by atoms with van der Waals surface area (Å²) in [6.07, 6.45) is 6.23. The Morgan fingerprint density at radius 2 is 1.86 bits per heavy atom. The summed E-state index contributed by atoms with van der Waals surface area (Å²) in [5.41, 5.74) is 7.10. The predicted molar refractivity (Wildman–Crippen MR) is 137 cm³/mol. The highest BCUT2D eigenvalue weighted by Crippen LogP contribution is 2.53. The van der Waals surface area contributed by atoms with Crippen LogP contribution in [0.1, 0.15) is 71.1 Å². The van der Waals surface area contributed by atoms with Gasteiger partial charge in [0.1, 0.15) is 6.04 Å². The Labute approximate surface area is 212 Å². The highest BCUT2D eigenvalue weighted by atomic mass is 16.2. The van der Waals surface area contributed by atoms with E-state index in [0.29, 0.717) is 30.5 Å². The molecule has 4 aliphatic rings. The molecule has 1 saturated carbocycles. The van der Waals surface area contributed by atoms with Gasteiger partial charge in [-0.1, -0.05) is 24.3 Å². The summed E-state index contributed by atoms with van der Waals surface area (Å²) in [5.74, 6) is -0.797. The summed E-state index contributed by atoms with van der Waals surface area (Å²) in [5, 5.41) is 5.89. The predicted octanol–water partition coefficient (Wildman–Crippen LogP) is 3.74. The Kier molecular flexibility index (Phi) is 5.83. The molecule has 0 radical (unpaired) electrons. The van der Waals surface area contributed by atoms with Crippen molar-refractivity contribution >= 4 is 23.4 Å². The Hall–Kier alpha value is -3.19. The molecule has 36 heavy (non-hydrogen) atoms. The zero-order valence-electron chi connectivity index (χ0n) is 20.9. The Morgan fingerprint density at radius 3 is 2.58 bits per heavy atom. The number of likely N-dealkylation sites (tertiary alicyclic amines) is 1.